The summed E-state index contributed by atoms with van der Waals surface area (Å²) in [6.07, 6.45) is -1.40. The van der Waals surface area contributed by atoms with E-state index < -0.39 is 47.4 Å². The number of hydrogen-bond donors (Lipinski definition) is 3. The third-order valence-electron chi connectivity index (χ3n) is 10.2. The second-order valence-electron chi connectivity index (χ2n) is 13.6. The van der Waals surface area contributed by atoms with Crippen molar-refractivity contribution in [3.8, 4) is 28.9 Å². The first kappa shape index (κ1) is 36.8. The lowest BCUT2D eigenvalue weighted by Gasteiger charge is -2.35. The van der Waals surface area contributed by atoms with Gasteiger partial charge >= 0.3 is 12.4 Å². The average Bonchev–Trinajstić information content (AvgIpc) is 3.79. The molecule has 4 aromatic heterocycles. The van der Waals surface area contributed by atoms with Crippen molar-refractivity contribution in [1.82, 2.24) is 35.0 Å². The third kappa shape index (κ3) is 6.49. The number of fused-ring (bicyclic) bond motifs is 2. The van der Waals surface area contributed by atoms with Gasteiger partial charge in [0.1, 0.15) is 53.4 Å². The molecule has 0 radical (unpaired) electrons. The fraction of sp³-hybridized carbons (Fsp3) is 0.429. The maximum Gasteiger partial charge on any atom is 0.573 e. The van der Waals surface area contributed by atoms with Gasteiger partial charge in [0.05, 0.1) is 34.9 Å². The lowest BCUT2D eigenvalue weighted by atomic mass is 9.95. The lowest BCUT2D eigenvalue weighted by molar-refractivity contribution is -0.274. The van der Waals surface area contributed by atoms with Crippen LogP contribution < -0.4 is 24.8 Å². The molecule has 7 heterocycles. The van der Waals surface area contributed by atoms with Crippen LogP contribution in [0.1, 0.15) is 50.3 Å². The Hall–Kier alpha value is -5.59. The summed E-state index contributed by atoms with van der Waals surface area (Å²) < 4.78 is 90.2. The van der Waals surface area contributed by atoms with Crippen molar-refractivity contribution < 1.29 is 46.1 Å². The van der Waals surface area contributed by atoms with Crippen LogP contribution in [0.25, 0.3) is 33.1 Å². The molecule has 0 aliphatic carbocycles. The Kier molecular flexibility index (Phi) is 9.53. The summed E-state index contributed by atoms with van der Waals surface area (Å²) in [7, 11) is 0. The van der Waals surface area contributed by atoms with Gasteiger partial charge in [-0.05, 0) is 57.9 Å². The van der Waals surface area contributed by atoms with Gasteiger partial charge in [0.25, 0.3) is 6.47 Å². The number of anilines is 2. The topological polar surface area (TPSA) is 178 Å². The molecule has 54 heavy (non-hydrogen) atoms. The Balaban J connectivity index is 0.00000145. The fourth-order valence-electron chi connectivity index (χ4n) is 7.95. The molecule has 2 saturated heterocycles. The molecule has 0 saturated carbocycles. The number of ether oxygens (including phenoxy) is 3. The minimum Gasteiger partial charge on any atom is -0.483 e. The molecule has 19 heteroatoms. The SMILES string of the molecule is Cc1cc2[nH]ncc2c(-c2nc3c4c(nc(OC[C@@]56CCCN5C[C@H](F)C6)nc4c2F)N([C@H](C)c2cccnc2N)[C@@H](C)CO3)c1OC(F)(F)F.O=CO. The van der Waals surface area contributed by atoms with Gasteiger partial charge < -0.3 is 30.0 Å². The maximum atomic E-state index is 17.2. The molecule has 2 fully saturated rings. The molecule has 286 valence electrons. The number of aromatic nitrogens is 6. The van der Waals surface area contributed by atoms with E-state index in [-0.39, 0.29) is 77.0 Å². The summed E-state index contributed by atoms with van der Waals surface area (Å²) in [4.78, 5) is 30.4. The number of H-pyrrole nitrogens is 1. The Bertz CT molecular complexity index is 2220. The zero-order valence-electron chi connectivity index (χ0n) is 29.3. The first-order valence-electron chi connectivity index (χ1n) is 17.1. The average molecular weight is 758 g/mol. The molecule has 4 atom stereocenters. The van der Waals surface area contributed by atoms with Crippen molar-refractivity contribution in [3.63, 3.8) is 0 Å². The van der Waals surface area contributed by atoms with Crippen molar-refractivity contribution >= 4 is 39.9 Å². The standard InChI is InChI=1S/C34H34F5N9O3.CH2O2/c1-16-10-22-21(12-42-46-22)23(28(16)51-34(37,38)39)26-25(36)27-24-30(45-32(44-27)50-15-33-7-5-9-47(33)13-19(35)11-33)48(17(2)14-49-31(24)43-26)18(3)20-6-4-8-41-29(20)40;2-1-3/h4,6,8,10,12,17-19H,5,7,9,11,13-15H2,1-3H3,(H2,40,41)(H,42,46);1H,(H,2,3)/t17-,18+,19+,33-;/m0./s1. The number of rotatable bonds is 7. The molecule has 0 bridgehead atoms. The molecule has 0 amide bonds. The number of pyridine rings is 2. The molecule has 5 aromatic rings. The number of carboxylic acid groups (broad SMARTS) is 1. The molecule has 14 nitrogen and oxygen atoms in total. The summed E-state index contributed by atoms with van der Waals surface area (Å²) >= 11 is 0. The predicted octanol–water partition coefficient (Wildman–Crippen LogP) is 5.90. The van der Waals surface area contributed by atoms with Gasteiger partial charge in [-0.15, -0.1) is 13.2 Å². The number of nitrogen functional groups attached to an aromatic ring is 1. The number of nitrogens with one attached hydrogen (secondary N) is 1. The van der Waals surface area contributed by atoms with Crippen LogP contribution in [0, 0.1) is 12.7 Å². The summed E-state index contributed by atoms with van der Waals surface area (Å²) in [6, 6.07) is 3.90. The summed E-state index contributed by atoms with van der Waals surface area (Å²) in [5.41, 5.74) is 5.71. The normalized spacial score (nSPS) is 21.6. The first-order chi connectivity index (χ1) is 25.7. The number of benzene rings is 1. The van der Waals surface area contributed by atoms with Crippen LogP contribution in [0.15, 0.2) is 30.6 Å². The highest BCUT2D eigenvalue weighted by atomic mass is 19.4. The van der Waals surface area contributed by atoms with Crippen LogP contribution in [0.4, 0.5) is 33.6 Å². The molecule has 4 N–H and O–H groups in total. The van der Waals surface area contributed by atoms with Crippen molar-refractivity contribution in [1.29, 1.82) is 0 Å². The smallest absolute Gasteiger partial charge is 0.483 e. The quantitative estimate of drug-likeness (QED) is 0.132. The summed E-state index contributed by atoms with van der Waals surface area (Å²) in [5.74, 6) is -1.31. The zero-order chi connectivity index (χ0) is 38.5. The Morgan fingerprint density at radius 1 is 1.28 bits per heavy atom. The molecule has 8 rings (SSSR count). The largest absolute Gasteiger partial charge is 0.573 e. The monoisotopic (exact) mass is 757 g/mol. The van der Waals surface area contributed by atoms with Crippen LogP contribution in [-0.4, -0.2) is 97.0 Å². The Morgan fingerprint density at radius 2 is 2.06 bits per heavy atom. The highest BCUT2D eigenvalue weighted by Crippen LogP contribution is 2.48. The van der Waals surface area contributed by atoms with Crippen molar-refractivity contribution in [3.05, 3.63) is 47.5 Å². The minimum absolute atomic E-state index is 0.0288. The lowest BCUT2D eigenvalue weighted by Crippen LogP contribution is -2.43. The van der Waals surface area contributed by atoms with Crippen LogP contribution >= 0.6 is 0 Å². The number of hydrogen-bond acceptors (Lipinski definition) is 12. The molecule has 0 spiro atoms. The Labute approximate surface area is 304 Å². The zero-order valence-corrected chi connectivity index (χ0v) is 29.3. The van der Waals surface area contributed by atoms with Gasteiger partial charge in [0, 0.05) is 30.1 Å². The van der Waals surface area contributed by atoms with Crippen molar-refractivity contribution in [2.24, 2.45) is 0 Å². The van der Waals surface area contributed by atoms with E-state index in [0.29, 0.717) is 24.0 Å². The maximum absolute atomic E-state index is 17.2. The van der Waals surface area contributed by atoms with E-state index in [2.05, 4.69) is 34.8 Å². The number of nitrogens with two attached hydrogens (primary N) is 1. The van der Waals surface area contributed by atoms with E-state index in [4.69, 9.17) is 30.1 Å². The van der Waals surface area contributed by atoms with Crippen LogP contribution in [0.5, 0.6) is 17.6 Å². The molecule has 3 aliphatic rings. The van der Waals surface area contributed by atoms with E-state index in [0.717, 1.165) is 13.0 Å². The van der Waals surface area contributed by atoms with Gasteiger partial charge in [-0.1, -0.05) is 6.07 Å². The van der Waals surface area contributed by atoms with Crippen molar-refractivity contribution in [2.45, 2.75) is 70.2 Å². The summed E-state index contributed by atoms with van der Waals surface area (Å²) in [5, 5.41) is 13.8. The van der Waals surface area contributed by atoms with Crippen LogP contribution in [0.2, 0.25) is 0 Å². The first-order valence-corrected chi connectivity index (χ1v) is 17.1. The number of nitrogens with zero attached hydrogens (tertiary/aromatic N) is 7. The van der Waals surface area contributed by atoms with E-state index in [1.165, 1.54) is 19.2 Å². The molecule has 0 unspecified atom stereocenters. The highest BCUT2D eigenvalue weighted by molar-refractivity contribution is 6.02. The molecular weight excluding hydrogens is 721 g/mol. The van der Waals surface area contributed by atoms with Gasteiger partial charge in [-0.3, -0.25) is 14.8 Å². The summed E-state index contributed by atoms with van der Waals surface area (Å²) in [6.45, 7) is 6.03. The number of alkyl halides is 4. The molecule has 3 aliphatic heterocycles. The number of halogens is 5. The third-order valence-corrected chi connectivity index (χ3v) is 10.2. The van der Waals surface area contributed by atoms with E-state index in [9.17, 15) is 17.6 Å². The van der Waals surface area contributed by atoms with E-state index in [1.54, 1.807) is 12.3 Å². The Morgan fingerprint density at radius 3 is 2.80 bits per heavy atom. The van der Waals surface area contributed by atoms with Crippen molar-refractivity contribution in [2.75, 3.05) is 36.9 Å². The van der Waals surface area contributed by atoms with Gasteiger partial charge in [-0.25, -0.2) is 18.7 Å². The van der Waals surface area contributed by atoms with Crippen LogP contribution in [-0.2, 0) is 4.79 Å². The predicted molar refractivity (Wildman–Crippen MR) is 186 cm³/mol. The van der Waals surface area contributed by atoms with E-state index in [1.807, 2.05) is 24.8 Å². The number of aromatic amines is 1. The second kappa shape index (κ2) is 14.0. The minimum atomic E-state index is -5.10. The molecular formula is C35H36F5N9O5. The molecule has 1 aromatic carbocycles. The second-order valence-corrected chi connectivity index (χ2v) is 13.6. The highest BCUT2D eigenvalue weighted by Gasteiger charge is 2.49. The van der Waals surface area contributed by atoms with E-state index >= 15 is 4.39 Å². The fourth-order valence-corrected chi connectivity index (χ4v) is 7.95. The van der Waals surface area contributed by atoms with Gasteiger partial charge in [0.15, 0.2) is 5.82 Å². The number of aryl methyl sites for hydroxylation is 1. The van der Waals surface area contributed by atoms with Gasteiger partial charge in [-0.2, -0.15) is 15.1 Å². The number of carbonyl (C=O) groups is 1. The van der Waals surface area contributed by atoms with Gasteiger partial charge in [0.2, 0.25) is 5.88 Å². The van der Waals surface area contributed by atoms with Crippen LogP contribution in [0.3, 0.4) is 0 Å².